The second kappa shape index (κ2) is 6.86. The van der Waals surface area contributed by atoms with Gasteiger partial charge in [0.2, 0.25) is 0 Å². The summed E-state index contributed by atoms with van der Waals surface area (Å²) in [5, 5.41) is 8.77. The maximum Gasteiger partial charge on any atom is 0.323 e. The van der Waals surface area contributed by atoms with E-state index in [1.807, 2.05) is 0 Å². The van der Waals surface area contributed by atoms with E-state index >= 15 is 0 Å². The average molecular weight is 253 g/mol. The van der Waals surface area contributed by atoms with Crippen LogP contribution in [0, 0.1) is 0 Å². The third-order valence-corrected chi connectivity index (χ3v) is 2.06. The fourth-order valence-corrected chi connectivity index (χ4v) is 1.28. The average Bonchev–Trinajstić information content (AvgIpc) is 2.12. The number of halogens is 2. The van der Waals surface area contributed by atoms with E-state index in [1.54, 1.807) is 20.8 Å². The Morgan fingerprint density at radius 1 is 1.41 bits per heavy atom. The quantitative estimate of drug-likeness (QED) is 0.724. The first kappa shape index (κ1) is 16.2. The van der Waals surface area contributed by atoms with Crippen LogP contribution in [0.15, 0.2) is 0 Å². The lowest BCUT2D eigenvalue weighted by Crippen LogP contribution is -2.45. The van der Waals surface area contributed by atoms with Crippen LogP contribution < -0.4 is 0 Å². The fourth-order valence-electron chi connectivity index (χ4n) is 1.28. The van der Waals surface area contributed by atoms with Crippen LogP contribution in [0.4, 0.5) is 8.78 Å². The Bertz CT molecular complexity index is 241. The van der Waals surface area contributed by atoms with Gasteiger partial charge in [0, 0.05) is 6.54 Å². The van der Waals surface area contributed by atoms with Gasteiger partial charge < -0.3 is 9.84 Å². The van der Waals surface area contributed by atoms with Crippen LogP contribution in [-0.4, -0.2) is 53.7 Å². The lowest BCUT2D eigenvalue weighted by molar-refractivity contribution is -0.161. The van der Waals surface area contributed by atoms with Crippen molar-refractivity contribution in [3.63, 3.8) is 0 Å². The Hall–Kier alpha value is -0.750. The molecule has 0 spiro atoms. The molecule has 1 atom stereocenters. The highest BCUT2D eigenvalue weighted by Gasteiger charge is 2.27. The number of esters is 1. The summed E-state index contributed by atoms with van der Waals surface area (Å²) in [4.78, 5) is 12.9. The van der Waals surface area contributed by atoms with Crippen LogP contribution in [-0.2, 0) is 9.53 Å². The monoisotopic (exact) mass is 253 g/mol. The van der Waals surface area contributed by atoms with E-state index in [2.05, 4.69) is 0 Å². The Labute approximate surface area is 101 Å². The molecule has 102 valence electrons. The van der Waals surface area contributed by atoms with Crippen LogP contribution in [0.2, 0.25) is 0 Å². The van der Waals surface area contributed by atoms with Crippen molar-refractivity contribution in [2.75, 3.05) is 19.7 Å². The fraction of sp³-hybridized carbons (Fsp3) is 0.909. The highest BCUT2D eigenvalue weighted by molar-refractivity contribution is 5.75. The third-order valence-electron chi connectivity index (χ3n) is 2.06. The minimum atomic E-state index is -2.55. The molecule has 1 unspecified atom stereocenters. The second-order valence-electron chi connectivity index (χ2n) is 4.82. The summed E-state index contributed by atoms with van der Waals surface area (Å²) >= 11 is 0. The molecule has 17 heavy (non-hydrogen) atoms. The molecule has 0 aliphatic rings. The van der Waals surface area contributed by atoms with Gasteiger partial charge in [-0.1, -0.05) is 0 Å². The van der Waals surface area contributed by atoms with E-state index in [-0.39, 0.29) is 13.2 Å². The topological polar surface area (TPSA) is 49.8 Å². The number of alkyl halides is 2. The molecule has 0 aromatic heterocycles. The SMILES string of the molecule is CC(C(=O)OC(C)(C)C)N(CCO)CC(F)F. The first-order valence-electron chi connectivity index (χ1n) is 5.53. The molecule has 6 heteroatoms. The molecule has 4 nitrogen and oxygen atoms in total. The van der Waals surface area contributed by atoms with Crippen LogP contribution in [0.3, 0.4) is 0 Å². The van der Waals surface area contributed by atoms with Crippen LogP contribution in [0.1, 0.15) is 27.7 Å². The summed E-state index contributed by atoms with van der Waals surface area (Å²) in [6.45, 7) is 5.81. The van der Waals surface area contributed by atoms with Crippen molar-refractivity contribution in [3.8, 4) is 0 Å². The lowest BCUT2D eigenvalue weighted by Gasteiger charge is -2.29. The summed E-state index contributed by atoms with van der Waals surface area (Å²) in [5.41, 5.74) is -0.652. The minimum absolute atomic E-state index is 0.0186. The molecule has 0 radical (unpaired) electrons. The molecule has 1 N–H and O–H groups in total. The van der Waals surface area contributed by atoms with E-state index < -0.39 is 30.6 Å². The second-order valence-corrected chi connectivity index (χ2v) is 4.82. The van der Waals surface area contributed by atoms with Crippen molar-refractivity contribution in [2.24, 2.45) is 0 Å². The summed E-state index contributed by atoms with van der Waals surface area (Å²) < 4.78 is 29.7. The van der Waals surface area contributed by atoms with E-state index in [1.165, 1.54) is 11.8 Å². The number of nitrogens with zero attached hydrogens (tertiary/aromatic N) is 1. The van der Waals surface area contributed by atoms with E-state index in [0.29, 0.717) is 0 Å². The number of carbonyl (C=O) groups excluding carboxylic acids is 1. The standard InChI is InChI=1S/C11H21F2NO3/c1-8(10(16)17-11(2,3)4)14(5-6-15)7-9(12)13/h8-9,15H,5-7H2,1-4H3. The summed E-state index contributed by atoms with van der Waals surface area (Å²) in [5.74, 6) is -0.563. The van der Waals surface area contributed by atoms with Gasteiger partial charge in [-0.2, -0.15) is 0 Å². The first-order valence-corrected chi connectivity index (χ1v) is 5.53. The molecule has 0 aliphatic heterocycles. The van der Waals surface area contributed by atoms with Gasteiger partial charge in [-0.15, -0.1) is 0 Å². The van der Waals surface area contributed by atoms with Crippen molar-refractivity contribution in [1.29, 1.82) is 0 Å². The van der Waals surface area contributed by atoms with Crippen LogP contribution >= 0.6 is 0 Å². The highest BCUT2D eigenvalue weighted by Crippen LogP contribution is 2.12. The number of aliphatic hydroxyl groups is 1. The van der Waals surface area contributed by atoms with Crippen LogP contribution in [0.25, 0.3) is 0 Å². The summed E-state index contributed by atoms with van der Waals surface area (Å²) in [6.07, 6.45) is -2.55. The summed E-state index contributed by atoms with van der Waals surface area (Å²) in [6, 6.07) is -0.796. The van der Waals surface area contributed by atoms with Crippen molar-refractivity contribution in [3.05, 3.63) is 0 Å². The smallest absolute Gasteiger partial charge is 0.323 e. The molecular weight excluding hydrogens is 232 g/mol. The first-order chi connectivity index (χ1) is 7.67. The zero-order chi connectivity index (χ0) is 13.6. The zero-order valence-electron chi connectivity index (χ0n) is 10.7. The van der Waals surface area contributed by atoms with Gasteiger partial charge in [-0.05, 0) is 27.7 Å². The van der Waals surface area contributed by atoms with E-state index in [9.17, 15) is 13.6 Å². The molecule has 0 aromatic carbocycles. The van der Waals surface area contributed by atoms with Gasteiger partial charge in [0.05, 0.1) is 13.2 Å². The van der Waals surface area contributed by atoms with Crippen molar-refractivity contribution in [2.45, 2.75) is 45.8 Å². The van der Waals surface area contributed by atoms with E-state index in [0.717, 1.165) is 0 Å². The number of carbonyl (C=O) groups is 1. The third kappa shape index (κ3) is 7.23. The largest absolute Gasteiger partial charge is 0.459 e. The Morgan fingerprint density at radius 3 is 2.29 bits per heavy atom. The number of hydrogen-bond donors (Lipinski definition) is 1. The Kier molecular flexibility index (Phi) is 6.56. The normalized spacial score (nSPS) is 14.2. The molecule has 0 rings (SSSR count). The van der Waals surface area contributed by atoms with Gasteiger partial charge in [-0.3, -0.25) is 9.69 Å². The van der Waals surface area contributed by atoms with Gasteiger partial charge in [0.25, 0.3) is 6.43 Å². The molecule has 0 saturated carbocycles. The molecular formula is C11H21F2NO3. The molecule has 0 aromatic rings. The van der Waals surface area contributed by atoms with Crippen molar-refractivity contribution in [1.82, 2.24) is 4.90 Å². The predicted molar refractivity (Wildman–Crippen MR) is 60.0 cm³/mol. The molecule has 0 heterocycles. The highest BCUT2D eigenvalue weighted by atomic mass is 19.3. The molecule has 0 fully saturated rings. The molecule has 0 saturated heterocycles. The molecule has 0 bridgehead atoms. The van der Waals surface area contributed by atoms with Crippen molar-refractivity contribution < 1.29 is 23.4 Å². The number of aliphatic hydroxyl groups excluding tert-OH is 1. The maximum absolute atomic E-state index is 12.3. The predicted octanol–water partition coefficient (Wildman–Crippen LogP) is 1.28. The number of hydrogen-bond acceptors (Lipinski definition) is 4. The summed E-state index contributed by atoms with van der Waals surface area (Å²) in [7, 11) is 0. The van der Waals surface area contributed by atoms with Gasteiger partial charge in [0.1, 0.15) is 11.6 Å². The lowest BCUT2D eigenvalue weighted by atomic mass is 10.2. The van der Waals surface area contributed by atoms with Crippen LogP contribution in [0.5, 0.6) is 0 Å². The zero-order valence-corrected chi connectivity index (χ0v) is 10.7. The van der Waals surface area contributed by atoms with Crippen molar-refractivity contribution >= 4 is 5.97 Å². The minimum Gasteiger partial charge on any atom is -0.459 e. The maximum atomic E-state index is 12.3. The van der Waals surface area contributed by atoms with Gasteiger partial charge in [-0.25, -0.2) is 8.78 Å². The Balaban J connectivity index is 4.48. The van der Waals surface area contributed by atoms with Gasteiger partial charge in [0.15, 0.2) is 0 Å². The molecule has 0 aliphatic carbocycles. The molecule has 0 amide bonds. The number of rotatable bonds is 6. The van der Waals surface area contributed by atoms with E-state index in [4.69, 9.17) is 9.84 Å². The Morgan fingerprint density at radius 2 is 1.94 bits per heavy atom. The number of ether oxygens (including phenoxy) is 1. The van der Waals surface area contributed by atoms with Gasteiger partial charge >= 0.3 is 5.97 Å².